The molecule has 1 aliphatic rings. The summed E-state index contributed by atoms with van der Waals surface area (Å²) in [6, 6.07) is 3.77. The van der Waals surface area contributed by atoms with Gasteiger partial charge in [-0.2, -0.15) is 0 Å². The Morgan fingerprint density at radius 1 is 1.32 bits per heavy atom. The molecule has 0 amide bonds. The Hall–Kier alpha value is -0.450. The van der Waals surface area contributed by atoms with E-state index in [1.807, 2.05) is 12.1 Å². The number of aromatic hydroxyl groups is 1. The number of rotatable bonds is 3. The average Bonchev–Trinajstić information content (AvgIpc) is 2.42. The van der Waals surface area contributed by atoms with E-state index in [1.54, 1.807) is 7.11 Å². The lowest BCUT2D eigenvalue weighted by Gasteiger charge is -2.28. The molecule has 0 aromatic heterocycles. The average molecular weight is 351 g/mol. The number of nitrogens with two attached hydrogens (primary N) is 1. The summed E-state index contributed by atoms with van der Waals surface area (Å²) in [7, 11) is 1.55. The predicted octanol–water partition coefficient (Wildman–Crippen LogP) is 4.17. The molecule has 0 saturated heterocycles. The maximum atomic E-state index is 9.80. The van der Waals surface area contributed by atoms with Gasteiger partial charge in [0, 0.05) is 6.04 Å². The highest BCUT2D eigenvalue weighted by Gasteiger charge is 2.23. The molecule has 0 bridgehead atoms. The molecular weight excluding hydrogens is 330 g/mol. The molecular formula is C14H21BrClNO2. The summed E-state index contributed by atoms with van der Waals surface area (Å²) >= 11 is 3.34. The SMILES string of the molecule is COc1cc([C@@H](N)C2CCCCC2)cc(Br)c1O.Cl. The highest BCUT2D eigenvalue weighted by molar-refractivity contribution is 9.10. The molecule has 1 aromatic rings. The molecule has 0 heterocycles. The van der Waals surface area contributed by atoms with Crippen molar-refractivity contribution in [3.8, 4) is 11.5 Å². The minimum Gasteiger partial charge on any atom is -0.503 e. The second kappa shape index (κ2) is 7.36. The monoisotopic (exact) mass is 349 g/mol. The third kappa shape index (κ3) is 3.77. The molecule has 1 aliphatic carbocycles. The summed E-state index contributed by atoms with van der Waals surface area (Å²) in [5.74, 6) is 1.16. The molecule has 0 aliphatic heterocycles. The fourth-order valence-corrected chi connectivity index (χ4v) is 3.17. The van der Waals surface area contributed by atoms with Crippen molar-refractivity contribution in [2.75, 3.05) is 7.11 Å². The van der Waals surface area contributed by atoms with Crippen LogP contribution in [0.1, 0.15) is 43.7 Å². The zero-order valence-electron chi connectivity index (χ0n) is 11.1. The van der Waals surface area contributed by atoms with Gasteiger partial charge in [0.15, 0.2) is 11.5 Å². The number of methoxy groups -OCH3 is 1. The smallest absolute Gasteiger partial charge is 0.172 e. The van der Waals surface area contributed by atoms with E-state index < -0.39 is 0 Å². The summed E-state index contributed by atoms with van der Waals surface area (Å²) in [5, 5.41) is 9.80. The first-order chi connectivity index (χ1) is 8.63. The fraction of sp³-hybridized carbons (Fsp3) is 0.571. The van der Waals surface area contributed by atoms with E-state index in [2.05, 4.69) is 15.9 Å². The normalized spacial score (nSPS) is 17.6. The number of phenolic OH excluding ortho intramolecular Hbond substituents is 1. The largest absolute Gasteiger partial charge is 0.503 e. The zero-order valence-corrected chi connectivity index (χ0v) is 13.5. The van der Waals surface area contributed by atoms with Gasteiger partial charge in [-0.3, -0.25) is 0 Å². The van der Waals surface area contributed by atoms with Crippen molar-refractivity contribution in [2.24, 2.45) is 11.7 Å². The molecule has 2 rings (SSSR count). The maximum Gasteiger partial charge on any atom is 0.172 e. The van der Waals surface area contributed by atoms with Crippen molar-refractivity contribution in [1.29, 1.82) is 0 Å². The van der Waals surface area contributed by atoms with Crippen molar-refractivity contribution in [3.63, 3.8) is 0 Å². The number of benzene rings is 1. The van der Waals surface area contributed by atoms with Crippen molar-refractivity contribution in [1.82, 2.24) is 0 Å². The first-order valence-corrected chi connectivity index (χ1v) is 7.24. The van der Waals surface area contributed by atoms with E-state index in [-0.39, 0.29) is 24.2 Å². The van der Waals surface area contributed by atoms with Crippen molar-refractivity contribution < 1.29 is 9.84 Å². The minimum absolute atomic E-state index is 0. The van der Waals surface area contributed by atoms with Crippen molar-refractivity contribution >= 4 is 28.3 Å². The Kier molecular flexibility index (Phi) is 6.43. The van der Waals surface area contributed by atoms with Crippen molar-refractivity contribution in [3.05, 3.63) is 22.2 Å². The predicted molar refractivity (Wildman–Crippen MR) is 83.1 cm³/mol. The Morgan fingerprint density at radius 3 is 2.53 bits per heavy atom. The number of phenols is 1. The molecule has 0 radical (unpaired) electrons. The first-order valence-electron chi connectivity index (χ1n) is 6.45. The van der Waals surface area contributed by atoms with Crippen LogP contribution in [0.5, 0.6) is 11.5 Å². The Bertz CT molecular complexity index is 422. The number of halogens is 2. The summed E-state index contributed by atoms with van der Waals surface area (Å²) in [6.45, 7) is 0. The van der Waals surface area contributed by atoms with Gasteiger partial charge < -0.3 is 15.6 Å². The van der Waals surface area contributed by atoms with Crippen LogP contribution >= 0.6 is 28.3 Å². The molecule has 0 unspecified atom stereocenters. The third-order valence-corrected chi connectivity index (χ3v) is 4.42. The van der Waals surface area contributed by atoms with E-state index in [9.17, 15) is 5.11 Å². The molecule has 1 fully saturated rings. The lowest BCUT2D eigenvalue weighted by atomic mass is 9.81. The van der Waals surface area contributed by atoms with Gasteiger partial charge in [0.2, 0.25) is 0 Å². The highest BCUT2D eigenvalue weighted by atomic mass is 79.9. The topological polar surface area (TPSA) is 55.5 Å². The Balaban J connectivity index is 0.00000180. The van der Waals surface area contributed by atoms with Crippen LogP contribution in [0.3, 0.4) is 0 Å². The Labute approximate surface area is 129 Å². The van der Waals surface area contributed by atoms with Crippen LogP contribution in [-0.4, -0.2) is 12.2 Å². The van der Waals surface area contributed by atoms with Gasteiger partial charge in [0.25, 0.3) is 0 Å². The van der Waals surface area contributed by atoms with Crippen LogP contribution in [-0.2, 0) is 0 Å². The van der Waals surface area contributed by atoms with Crippen molar-refractivity contribution in [2.45, 2.75) is 38.1 Å². The number of hydrogen-bond acceptors (Lipinski definition) is 3. The second-order valence-corrected chi connectivity index (χ2v) is 5.83. The molecule has 3 nitrogen and oxygen atoms in total. The van der Waals surface area contributed by atoms with Gasteiger partial charge in [-0.1, -0.05) is 19.3 Å². The van der Waals surface area contributed by atoms with Gasteiger partial charge in [0.05, 0.1) is 11.6 Å². The van der Waals surface area contributed by atoms with E-state index in [0.717, 1.165) is 5.56 Å². The van der Waals surface area contributed by atoms with Crippen LogP contribution in [0, 0.1) is 5.92 Å². The van der Waals surface area contributed by atoms with Crippen LogP contribution in [0.2, 0.25) is 0 Å². The fourth-order valence-electron chi connectivity index (χ4n) is 2.71. The standard InChI is InChI=1S/C14H20BrNO2.ClH/c1-18-12-8-10(7-11(15)14(12)17)13(16)9-5-3-2-4-6-9;/h7-9,13,17H,2-6,16H2,1H3;1H/t13-;/m0./s1. The summed E-state index contributed by atoms with van der Waals surface area (Å²) in [6.07, 6.45) is 6.26. The van der Waals surface area contributed by atoms with Crippen LogP contribution in [0.25, 0.3) is 0 Å². The molecule has 0 spiro atoms. The van der Waals surface area contributed by atoms with Gasteiger partial charge in [-0.05, 0) is 52.4 Å². The third-order valence-electron chi connectivity index (χ3n) is 3.81. The quantitative estimate of drug-likeness (QED) is 0.860. The molecule has 3 N–H and O–H groups in total. The summed E-state index contributed by atoms with van der Waals surface area (Å²) in [4.78, 5) is 0. The zero-order chi connectivity index (χ0) is 13.1. The number of ether oxygens (including phenoxy) is 1. The van der Waals surface area contributed by atoms with E-state index in [0.29, 0.717) is 16.1 Å². The van der Waals surface area contributed by atoms with Gasteiger partial charge in [0.1, 0.15) is 0 Å². The summed E-state index contributed by atoms with van der Waals surface area (Å²) < 4.78 is 5.81. The van der Waals surface area contributed by atoms with Gasteiger partial charge in [-0.25, -0.2) is 0 Å². The Morgan fingerprint density at radius 2 is 1.95 bits per heavy atom. The molecule has 1 aromatic carbocycles. The van der Waals surface area contributed by atoms with Crippen LogP contribution in [0.15, 0.2) is 16.6 Å². The van der Waals surface area contributed by atoms with E-state index >= 15 is 0 Å². The maximum absolute atomic E-state index is 9.80. The summed E-state index contributed by atoms with van der Waals surface area (Å²) in [5.41, 5.74) is 7.39. The molecule has 108 valence electrons. The van der Waals surface area contributed by atoms with Crippen LogP contribution in [0.4, 0.5) is 0 Å². The minimum atomic E-state index is 0. The van der Waals surface area contributed by atoms with Gasteiger partial charge in [-0.15, -0.1) is 12.4 Å². The van der Waals surface area contributed by atoms with Crippen LogP contribution < -0.4 is 10.5 Å². The molecule has 1 saturated carbocycles. The second-order valence-electron chi connectivity index (χ2n) is 4.98. The molecule has 1 atom stereocenters. The highest BCUT2D eigenvalue weighted by Crippen LogP contribution is 2.40. The molecule has 5 heteroatoms. The van der Waals surface area contributed by atoms with E-state index in [4.69, 9.17) is 10.5 Å². The number of hydrogen-bond donors (Lipinski definition) is 2. The lowest BCUT2D eigenvalue weighted by molar-refractivity contribution is 0.306. The van der Waals surface area contributed by atoms with E-state index in [1.165, 1.54) is 32.1 Å². The lowest BCUT2D eigenvalue weighted by Crippen LogP contribution is -2.23. The van der Waals surface area contributed by atoms with Gasteiger partial charge >= 0.3 is 0 Å². The molecule has 19 heavy (non-hydrogen) atoms. The first kappa shape index (κ1) is 16.6.